The molecule has 0 amide bonds. The summed E-state index contributed by atoms with van der Waals surface area (Å²) in [6.45, 7) is 0. The standard InChI is InChI=1S/C14H9F2N3/c15-9-1-2-11(16)10(7-9)12-3-6-18-13(19-12)14(8-17)4-5-14/h1-3,6-7H,4-5H2. The molecule has 1 heterocycles. The fourth-order valence-electron chi connectivity index (χ4n) is 1.94. The van der Waals surface area contributed by atoms with Gasteiger partial charge >= 0.3 is 0 Å². The summed E-state index contributed by atoms with van der Waals surface area (Å²) >= 11 is 0. The van der Waals surface area contributed by atoms with E-state index in [0.29, 0.717) is 24.4 Å². The average molecular weight is 257 g/mol. The van der Waals surface area contributed by atoms with Crippen LogP contribution in [-0.4, -0.2) is 9.97 Å². The average Bonchev–Trinajstić information content (AvgIpc) is 3.23. The van der Waals surface area contributed by atoms with Gasteiger partial charge in [0.1, 0.15) is 22.9 Å². The zero-order valence-electron chi connectivity index (χ0n) is 9.90. The van der Waals surface area contributed by atoms with Crippen LogP contribution >= 0.6 is 0 Å². The molecule has 1 saturated carbocycles. The van der Waals surface area contributed by atoms with E-state index in [-0.39, 0.29) is 5.56 Å². The minimum atomic E-state index is -0.639. The summed E-state index contributed by atoms with van der Waals surface area (Å²) in [6.07, 6.45) is 2.89. The van der Waals surface area contributed by atoms with E-state index in [9.17, 15) is 8.78 Å². The third kappa shape index (κ3) is 1.95. The number of halogens is 2. The highest BCUT2D eigenvalue weighted by atomic mass is 19.1. The molecule has 0 N–H and O–H groups in total. The number of aromatic nitrogens is 2. The largest absolute Gasteiger partial charge is 0.240 e. The molecule has 0 spiro atoms. The van der Waals surface area contributed by atoms with Crippen LogP contribution in [0.5, 0.6) is 0 Å². The fourth-order valence-corrected chi connectivity index (χ4v) is 1.94. The van der Waals surface area contributed by atoms with Gasteiger partial charge in [-0.3, -0.25) is 0 Å². The van der Waals surface area contributed by atoms with Crippen LogP contribution < -0.4 is 0 Å². The Kier molecular flexibility index (Phi) is 2.53. The van der Waals surface area contributed by atoms with Gasteiger partial charge in [-0.2, -0.15) is 5.26 Å². The van der Waals surface area contributed by atoms with Crippen LogP contribution in [0, 0.1) is 23.0 Å². The van der Waals surface area contributed by atoms with Gasteiger partial charge in [-0.15, -0.1) is 0 Å². The van der Waals surface area contributed by atoms with Crippen LogP contribution in [0.3, 0.4) is 0 Å². The van der Waals surface area contributed by atoms with E-state index < -0.39 is 17.0 Å². The molecule has 1 fully saturated rings. The number of benzene rings is 1. The fraction of sp³-hybridized carbons (Fsp3) is 0.214. The predicted octanol–water partition coefficient (Wildman–Crippen LogP) is 2.98. The van der Waals surface area contributed by atoms with Crippen LogP contribution in [0.4, 0.5) is 8.78 Å². The van der Waals surface area contributed by atoms with Crippen molar-refractivity contribution >= 4 is 0 Å². The summed E-state index contributed by atoms with van der Waals surface area (Å²) in [6, 6.07) is 6.89. The lowest BCUT2D eigenvalue weighted by Gasteiger charge is -2.07. The molecule has 0 saturated heterocycles. The summed E-state index contributed by atoms with van der Waals surface area (Å²) < 4.78 is 26.9. The molecule has 1 aromatic carbocycles. The number of nitrogens with zero attached hydrogens (tertiary/aromatic N) is 3. The molecule has 0 bridgehead atoms. The zero-order chi connectivity index (χ0) is 13.5. The molecule has 1 aliphatic rings. The third-order valence-electron chi connectivity index (χ3n) is 3.25. The Morgan fingerprint density at radius 1 is 1.21 bits per heavy atom. The first-order valence-electron chi connectivity index (χ1n) is 5.85. The highest BCUT2D eigenvalue weighted by Crippen LogP contribution is 2.46. The Balaban J connectivity index is 2.09. The first kappa shape index (κ1) is 11.7. The lowest BCUT2D eigenvalue weighted by Crippen LogP contribution is -2.09. The molecule has 94 valence electrons. The SMILES string of the molecule is N#CC1(c2nccc(-c3cc(F)ccc3F)n2)CC1. The van der Waals surface area contributed by atoms with Gasteiger partial charge in [0.25, 0.3) is 0 Å². The van der Waals surface area contributed by atoms with Crippen LogP contribution in [0.2, 0.25) is 0 Å². The van der Waals surface area contributed by atoms with E-state index in [2.05, 4.69) is 16.0 Å². The first-order chi connectivity index (χ1) is 9.14. The Labute approximate surface area is 108 Å². The molecule has 0 aliphatic heterocycles. The number of hydrogen-bond acceptors (Lipinski definition) is 3. The van der Waals surface area contributed by atoms with E-state index in [1.165, 1.54) is 12.3 Å². The van der Waals surface area contributed by atoms with E-state index in [1.807, 2.05) is 0 Å². The molecule has 3 nitrogen and oxygen atoms in total. The van der Waals surface area contributed by atoms with Crippen molar-refractivity contribution in [1.29, 1.82) is 5.26 Å². The zero-order valence-corrected chi connectivity index (χ0v) is 9.90. The minimum Gasteiger partial charge on any atom is -0.240 e. The van der Waals surface area contributed by atoms with Crippen LogP contribution in [0.1, 0.15) is 18.7 Å². The highest BCUT2D eigenvalue weighted by Gasteiger charge is 2.48. The Bertz CT molecular complexity index is 687. The van der Waals surface area contributed by atoms with Gasteiger partial charge in [0.05, 0.1) is 11.8 Å². The van der Waals surface area contributed by atoms with Gasteiger partial charge in [-0.25, -0.2) is 18.7 Å². The van der Waals surface area contributed by atoms with Crippen LogP contribution in [-0.2, 0) is 5.41 Å². The van der Waals surface area contributed by atoms with E-state index >= 15 is 0 Å². The number of rotatable bonds is 2. The van der Waals surface area contributed by atoms with Gasteiger partial charge in [0.15, 0.2) is 0 Å². The van der Waals surface area contributed by atoms with E-state index in [1.54, 1.807) is 0 Å². The normalized spacial score (nSPS) is 15.8. The van der Waals surface area contributed by atoms with Crippen LogP contribution in [0.15, 0.2) is 30.5 Å². The summed E-state index contributed by atoms with van der Waals surface area (Å²) in [5, 5.41) is 9.11. The Hall–Kier alpha value is -2.35. The maximum atomic E-state index is 13.7. The van der Waals surface area contributed by atoms with Gasteiger partial charge < -0.3 is 0 Å². The van der Waals surface area contributed by atoms with Gasteiger partial charge in [0, 0.05) is 11.8 Å². The molecule has 3 rings (SSSR count). The van der Waals surface area contributed by atoms with E-state index in [4.69, 9.17) is 5.26 Å². The van der Waals surface area contributed by atoms with E-state index in [0.717, 1.165) is 18.2 Å². The number of hydrogen-bond donors (Lipinski definition) is 0. The van der Waals surface area contributed by atoms with Gasteiger partial charge in [-0.05, 0) is 37.1 Å². The molecule has 0 atom stereocenters. The predicted molar refractivity (Wildman–Crippen MR) is 63.9 cm³/mol. The van der Waals surface area contributed by atoms with Crippen molar-refractivity contribution in [2.45, 2.75) is 18.3 Å². The number of nitriles is 1. The van der Waals surface area contributed by atoms with Crippen molar-refractivity contribution < 1.29 is 8.78 Å². The second kappa shape index (κ2) is 4.09. The van der Waals surface area contributed by atoms with Gasteiger partial charge in [0.2, 0.25) is 0 Å². The molecule has 0 radical (unpaired) electrons. The first-order valence-corrected chi connectivity index (χ1v) is 5.85. The van der Waals surface area contributed by atoms with Crippen LogP contribution in [0.25, 0.3) is 11.3 Å². The summed E-state index contributed by atoms with van der Waals surface area (Å²) in [7, 11) is 0. The van der Waals surface area contributed by atoms with Crippen molar-refractivity contribution in [3.8, 4) is 17.3 Å². The monoisotopic (exact) mass is 257 g/mol. The lowest BCUT2D eigenvalue weighted by molar-refractivity contribution is 0.602. The summed E-state index contributed by atoms with van der Waals surface area (Å²) in [5.74, 6) is -0.693. The maximum absolute atomic E-state index is 13.7. The minimum absolute atomic E-state index is 0.0809. The van der Waals surface area contributed by atoms with Crippen molar-refractivity contribution in [2.75, 3.05) is 0 Å². The summed E-state index contributed by atoms with van der Waals surface area (Å²) in [4.78, 5) is 8.28. The molecule has 0 unspecified atom stereocenters. The maximum Gasteiger partial charge on any atom is 0.149 e. The lowest BCUT2D eigenvalue weighted by atomic mass is 10.1. The molecular weight excluding hydrogens is 248 g/mol. The molecule has 5 heteroatoms. The van der Waals surface area contributed by atoms with Crippen molar-refractivity contribution in [1.82, 2.24) is 9.97 Å². The second-order valence-electron chi connectivity index (χ2n) is 4.58. The Morgan fingerprint density at radius 3 is 2.68 bits per heavy atom. The van der Waals surface area contributed by atoms with Crippen molar-refractivity contribution in [3.63, 3.8) is 0 Å². The molecule has 1 aromatic heterocycles. The molecular formula is C14H9F2N3. The smallest absolute Gasteiger partial charge is 0.149 e. The molecule has 19 heavy (non-hydrogen) atoms. The second-order valence-corrected chi connectivity index (χ2v) is 4.58. The topological polar surface area (TPSA) is 49.6 Å². The molecule has 2 aromatic rings. The highest BCUT2D eigenvalue weighted by molar-refractivity contribution is 5.60. The van der Waals surface area contributed by atoms with Crippen molar-refractivity contribution in [2.24, 2.45) is 0 Å². The van der Waals surface area contributed by atoms with Gasteiger partial charge in [-0.1, -0.05) is 0 Å². The third-order valence-corrected chi connectivity index (χ3v) is 3.25. The quantitative estimate of drug-likeness (QED) is 0.831. The van der Waals surface area contributed by atoms with Crippen molar-refractivity contribution in [3.05, 3.63) is 47.9 Å². The summed E-state index contributed by atoms with van der Waals surface area (Å²) in [5.41, 5.74) is -0.263. The Morgan fingerprint density at radius 2 is 2.00 bits per heavy atom. The molecule has 1 aliphatic carbocycles.